The zero-order valence-electron chi connectivity index (χ0n) is 17.3. The predicted octanol–water partition coefficient (Wildman–Crippen LogP) is 6.16. The number of rotatable bonds is 5. The lowest BCUT2D eigenvalue weighted by atomic mass is 9.48. The van der Waals surface area contributed by atoms with Crippen molar-refractivity contribution in [3.05, 3.63) is 70.3 Å². The minimum Gasteiger partial charge on any atom is -0.478 e. The van der Waals surface area contributed by atoms with Gasteiger partial charge >= 0.3 is 5.97 Å². The summed E-state index contributed by atoms with van der Waals surface area (Å²) in [4.78, 5) is 23.7. The van der Waals surface area contributed by atoms with E-state index in [-0.39, 0.29) is 17.2 Å². The van der Waals surface area contributed by atoms with Gasteiger partial charge in [-0.05, 0) is 97.1 Å². The van der Waals surface area contributed by atoms with Gasteiger partial charge in [-0.15, -0.1) is 0 Å². The van der Waals surface area contributed by atoms with Crippen LogP contribution in [0.2, 0.25) is 5.02 Å². The molecule has 4 nitrogen and oxygen atoms in total. The average Bonchev–Trinajstić information content (AvgIpc) is 2.73. The smallest absolute Gasteiger partial charge is 0.337 e. The van der Waals surface area contributed by atoms with E-state index in [0.29, 0.717) is 10.4 Å². The molecule has 2 aromatic carbocycles. The zero-order valence-corrected chi connectivity index (χ0v) is 18.1. The summed E-state index contributed by atoms with van der Waals surface area (Å²) in [6.07, 6.45) is 11.5. The molecule has 5 heteroatoms. The molecule has 0 unspecified atom stereocenters. The van der Waals surface area contributed by atoms with Crippen LogP contribution in [0, 0.1) is 17.8 Å². The van der Waals surface area contributed by atoms with Crippen LogP contribution in [0.3, 0.4) is 0 Å². The number of hydrogen-bond acceptors (Lipinski definition) is 2. The highest BCUT2D eigenvalue weighted by Crippen LogP contribution is 2.60. The molecule has 0 atom stereocenters. The maximum absolute atomic E-state index is 12.3. The molecule has 4 saturated carbocycles. The Labute approximate surface area is 187 Å². The van der Waals surface area contributed by atoms with Crippen molar-refractivity contribution >= 4 is 35.2 Å². The van der Waals surface area contributed by atoms with E-state index in [1.165, 1.54) is 62.3 Å². The summed E-state index contributed by atoms with van der Waals surface area (Å²) in [5, 5.41) is 12.2. The summed E-state index contributed by atoms with van der Waals surface area (Å²) < 4.78 is 0. The second-order valence-corrected chi connectivity index (χ2v) is 10.1. The number of carbonyl (C=O) groups is 2. The monoisotopic (exact) mass is 435 g/mol. The Bertz CT molecular complexity index is 1020. The van der Waals surface area contributed by atoms with Gasteiger partial charge in [-0.1, -0.05) is 35.9 Å². The third kappa shape index (κ3) is 4.01. The number of benzene rings is 2. The molecule has 2 aromatic rings. The van der Waals surface area contributed by atoms with E-state index in [4.69, 9.17) is 11.6 Å². The van der Waals surface area contributed by atoms with Crippen molar-refractivity contribution < 1.29 is 14.7 Å². The fourth-order valence-electron chi connectivity index (χ4n) is 6.56. The van der Waals surface area contributed by atoms with Gasteiger partial charge in [-0.2, -0.15) is 0 Å². The number of anilines is 1. The highest BCUT2D eigenvalue weighted by atomic mass is 35.5. The lowest BCUT2D eigenvalue weighted by molar-refractivity contribution is -0.111. The molecule has 0 spiro atoms. The predicted molar refractivity (Wildman–Crippen MR) is 122 cm³/mol. The lowest BCUT2D eigenvalue weighted by Gasteiger charge is -2.57. The maximum atomic E-state index is 12.3. The molecule has 4 aliphatic carbocycles. The van der Waals surface area contributed by atoms with Crippen LogP contribution in [-0.2, 0) is 10.2 Å². The van der Waals surface area contributed by atoms with Crippen LogP contribution in [0.5, 0.6) is 0 Å². The fourth-order valence-corrected chi connectivity index (χ4v) is 6.73. The Kier molecular flexibility index (Phi) is 5.13. The molecule has 1 amide bonds. The average molecular weight is 436 g/mol. The van der Waals surface area contributed by atoms with Crippen molar-refractivity contribution in [3.8, 4) is 0 Å². The summed E-state index contributed by atoms with van der Waals surface area (Å²) in [6, 6.07) is 13.0. The highest BCUT2D eigenvalue weighted by Gasteiger charge is 2.51. The summed E-state index contributed by atoms with van der Waals surface area (Å²) in [5.41, 5.74) is 2.98. The van der Waals surface area contributed by atoms with E-state index in [9.17, 15) is 14.7 Å². The zero-order chi connectivity index (χ0) is 21.6. The van der Waals surface area contributed by atoms with Gasteiger partial charge in [0.25, 0.3) is 0 Å². The molecule has 4 aliphatic rings. The van der Waals surface area contributed by atoms with E-state index >= 15 is 0 Å². The van der Waals surface area contributed by atoms with Crippen LogP contribution >= 0.6 is 11.6 Å². The number of nitrogens with one attached hydrogen (secondary N) is 1. The first-order chi connectivity index (χ1) is 14.9. The largest absolute Gasteiger partial charge is 0.478 e. The van der Waals surface area contributed by atoms with Gasteiger partial charge in [-0.25, -0.2) is 4.79 Å². The quantitative estimate of drug-likeness (QED) is 0.553. The normalized spacial score (nSPS) is 28.7. The van der Waals surface area contributed by atoms with E-state index in [1.807, 2.05) is 0 Å². The van der Waals surface area contributed by atoms with Gasteiger partial charge in [0.05, 0.1) is 11.3 Å². The van der Waals surface area contributed by atoms with Crippen molar-refractivity contribution in [1.82, 2.24) is 0 Å². The van der Waals surface area contributed by atoms with Crippen molar-refractivity contribution in [1.29, 1.82) is 0 Å². The molecule has 0 saturated heterocycles. The summed E-state index contributed by atoms with van der Waals surface area (Å²) in [7, 11) is 0. The van der Waals surface area contributed by atoms with Gasteiger partial charge < -0.3 is 10.4 Å². The van der Waals surface area contributed by atoms with E-state index in [1.54, 1.807) is 12.1 Å². The van der Waals surface area contributed by atoms with Gasteiger partial charge in [0, 0.05) is 11.1 Å². The summed E-state index contributed by atoms with van der Waals surface area (Å²) in [6.45, 7) is 0. The molecule has 31 heavy (non-hydrogen) atoms. The lowest BCUT2D eigenvalue weighted by Crippen LogP contribution is -2.48. The Balaban J connectivity index is 1.27. The van der Waals surface area contributed by atoms with Gasteiger partial charge in [0.1, 0.15) is 0 Å². The SMILES string of the molecule is O=C(C=Cc1ccc(C23CC4CC(CC(C4)C2)C3)cc1)Nc1ccc(Cl)cc1C(=O)O. The summed E-state index contributed by atoms with van der Waals surface area (Å²) >= 11 is 5.86. The number of amides is 1. The van der Waals surface area contributed by atoms with Crippen molar-refractivity contribution in [2.45, 2.75) is 43.9 Å². The van der Waals surface area contributed by atoms with Gasteiger partial charge in [0.2, 0.25) is 5.91 Å². The first kappa shape index (κ1) is 20.3. The molecule has 0 aliphatic heterocycles. The van der Waals surface area contributed by atoms with Crippen molar-refractivity contribution in [2.75, 3.05) is 5.32 Å². The minimum absolute atomic E-state index is 0.0332. The second kappa shape index (κ2) is 7.83. The highest BCUT2D eigenvalue weighted by molar-refractivity contribution is 6.31. The molecule has 4 fully saturated rings. The van der Waals surface area contributed by atoms with Crippen LogP contribution < -0.4 is 5.32 Å². The fraction of sp³-hybridized carbons (Fsp3) is 0.385. The van der Waals surface area contributed by atoms with E-state index in [0.717, 1.165) is 23.3 Å². The van der Waals surface area contributed by atoms with Crippen molar-refractivity contribution in [2.24, 2.45) is 17.8 Å². The van der Waals surface area contributed by atoms with Crippen LogP contribution in [0.1, 0.15) is 60.0 Å². The molecule has 0 radical (unpaired) electrons. The number of carboxylic acid groups (broad SMARTS) is 1. The standard InChI is InChI=1S/C26H26ClNO3/c27-21-6-7-23(22(12-21)25(30)31)28-24(29)8-3-16-1-4-20(5-2-16)26-13-17-9-18(14-26)11-19(10-17)15-26/h1-8,12,17-19H,9-11,13-15H2,(H,28,29)(H,30,31). The molecule has 4 bridgehead atoms. The maximum Gasteiger partial charge on any atom is 0.337 e. The Morgan fingerprint density at radius 3 is 2.16 bits per heavy atom. The molecule has 0 heterocycles. The third-order valence-electron chi connectivity index (χ3n) is 7.46. The molecule has 6 rings (SSSR count). The van der Waals surface area contributed by atoms with E-state index < -0.39 is 5.97 Å². The van der Waals surface area contributed by atoms with Gasteiger partial charge in [0.15, 0.2) is 0 Å². The molecule has 2 N–H and O–H groups in total. The Morgan fingerprint density at radius 2 is 1.58 bits per heavy atom. The third-order valence-corrected chi connectivity index (χ3v) is 7.69. The van der Waals surface area contributed by atoms with Crippen molar-refractivity contribution in [3.63, 3.8) is 0 Å². The topological polar surface area (TPSA) is 66.4 Å². The van der Waals surface area contributed by atoms with Crippen LogP contribution in [0.4, 0.5) is 5.69 Å². The van der Waals surface area contributed by atoms with Crippen LogP contribution in [0.25, 0.3) is 6.08 Å². The second-order valence-electron chi connectivity index (χ2n) is 9.64. The van der Waals surface area contributed by atoms with Gasteiger partial charge in [-0.3, -0.25) is 4.79 Å². The first-order valence-corrected chi connectivity index (χ1v) is 11.4. The molecular weight excluding hydrogens is 410 g/mol. The number of hydrogen-bond donors (Lipinski definition) is 2. The Hall–Kier alpha value is -2.59. The Morgan fingerprint density at radius 1 is 0.968 bits per heavy atom. The molecular formula is C26H26ClNO3. The number of carbonyl (C=O) groups excluding carboxylic acids is 1. The number of carboxylic acids is 1. The van der Waals surface area contributed by atoms with E-state index in [2.05, 4.69) is 29.6 Å². The van der Waals surface area contributed by atoms with Crippen LogP contribution in [-0.4, -0.2) is 17.0 Å². The number of aromatic carboxylic acids is 1. The first-order valence-electron chi connectivity index (χ1n) is 11.0. The molecule has 160 valence electrons. The number of halogens is 1. The van der Waals surface area contributed by atoms with Crippen LogP contribution in [0.15, 0.2) is 48.5 Å². The minimum atomic E-state index is -1.14. The molecule has 0 aromatic heterocycles. The summed E-state index contributed by atoms with van der Waals surface area (Å²) in [5.74, 6) is 1.23.